The number of aliphatic carboxylic acids is 1. The number of carbonyl (C=O) groups excluding carboxylic acids is 1. The van der Waals surface area contributed by atoms with E-state index in [0.717, 1.165) is 0 Å². The number of aliphatic hydroxyl groups is 1. The molecule has 0 saturated heterocycles. The molecule has 0 aliphatic carbocycles. The van der Waals surface area contributed by atoms with Crippen LogP contribution in [0.5, 0.6) is 0 Å². The maximum Gasteiger partial charge on any atom is 0.310 e. The number of hydrogen-bond donors (Lipinski definition) is 2. The summed E-state index contributed by atoms with van der Waals surface area (Å²) >= 11 is 0. The Kier molecular flexibility index (Phi) is 5.46. The molecule has 0 heterocycles. The average molecular weight is 218 g/mol. The summed E-state index contributed by atoms with van der Waals surface area (Å²) < 4.78 is 5.25. The number of carboxylic acid groups (broad SMARTS) is 1. The highest BCUT2D eigenvalue weighted by Crippen LogP contribution is 2.08. The van der Waals surface area contributed by atoms with Gasteiger partial charge < -0.3 is 14.9 Å². The summed E-state index contributed by atoms with van der Waals surface area (Å²) in [5.74, 6) is -1.67. The Morgan fingerprint density at radius 2 is 1.87 bits per heavy atom. The van der Waals surface area contributed by atoms with Crippen molar-refractivity contribution in [2.75, 3.05) is 6.61 Å². The van der Waals surface area contributed by atoms with Crippen molar-refractivity contribution in [3.8, 4) is 0 Å². The van der Waals surface area contributed by atoms with E-state index in [4.69, 9.17) is 9.84 Å². The lowest BCUT2D eigenvalue weighted by Crippen LogP contribution is -2.28. The quantitative estimate of drug-likeness (QED) is 0.638. The number of ether oxygens (including phenoxy) is 1. The largest absolute Gasteiger partial charge is 0.481 e. The van der Waals surface area contributed by atoms with Gasteiger partial charge in [-0.15, -0.1) is 0 Å². The van der Waals surface area contributed by atoms with Crippen molar-refractivity contribution in [3.63, 3.8) is 0 Å². The van der Waals surface area contributed by atoms with Gasteiger partial charge in [-0.1, -0.05) is 0 Å². The van der Waals surface area contributed by atoms with Crippen molar-refractivity contribution in [2.45, 2.75) is 45.3 Å². The average Bonchev–Trinajstić information content (AvgIpc) is 1.97. The first-order chi connectivity index (χ1) is 6.70. The van der Waals surface area contributed by atoms with Crippen LogP contribution < -0.4 is 0 Å². The molecule has 0 aromatic carbocycles. The van der Waals surface area contributed by atoms with Gasteiger partial charge in [0.05, 0.1) is 18.3 Å². The van der Waals surface area contributed by atoms with Crippen LogP contribution in [0.1, 0.15) is 33.6 Å². The van der Waals surface area contributed by atoms with E-state index in [9.17, 15) is 14.7 Å². The second-order valence-corrected chi connectivity index (χ2v) is 4.39. The van der Waals surface area contributed by atoms with E-state index in [1.165, 1.54) is 0 Å². The Hall–Kier alpha value is -0.940. The third-order valence-electron chi connectivity index (χ3n) is 1.52. The van der Waals surface area contributed by atoms with E-state index in [-0.39, 0.29) is 18.6 Å². The number of hydrogen-bond acceptors (Lipinski definition) is 4. The zero-order chi connectivity index (χ0) is 12.1. The van der Waals surface area contributed by atoms with E-state index in [1.54, 1.807) is 0 Å². The summed E-state index contributed by atoms with van der Waals surface area (Å²) in [5, 5.41) is 17.7. The number of carboxylic acids is 1. The lowest BCUT2D eigenvalue weighted by Gasteiger charge is -2.21. The fourth-order valence-corrected chi connectivity index (χ4v) is 0.909. The monoisotopic (exact) mass is 218 g/mol. The molecule has 0 rings (SSSR count). The van der Waals surface area contributed by atoms with Gasteiger partial charge >= 0.3 is 5.97 Å². The van der Waals surface area contributed by atoms with Crippen molar-refractivity contribution in [1.82, 2.24) is 0 Å². The summed E-state index contributed by atoms with van der Waals surface area (Å²) in [6.07, 6.45) is -1.66. The SMILES string of the molecule is CC(C)(C)OCC(O)CC(=O)CC(=O)O. The third-order valence-corrected chi connectivity index (χ3v) is 1.52. The van der Waals surface area contributed by atoms with Crippen LogP contribution in [-0.2, 0) is 14.3 Å². The molecule has 0 amide bonds. The van der Waals surface area contributed by atoms with E-state index >= 15 is 0 Å². The minimum absolute atomic E-state index is 0.0366. The second-order valence-electron chi connectivity index (χ2n) is 4.39. The highest BCUT2D eigenvalue weighted by atomic mass is 16.5. The Bertz CT molecular complexity index is 228. The molecule has 5 nitrogen and oxygen atoms in total. The second kappa shape index (κ2) is 5.82. The molecular formula is C10H18O5. The highest BCUT2D eigenvalue weighted by molar-refractivity contribution is 5.94. The number of rotatable bonds is 6. The first-order valence-corrected chi connectivity index (χ1v) is 4.76. The number of Topliss-reactive ketones (excluding diaryl/α,β-unsaturated/α-hetero) is 1. The maximum atomic E-state index is 11.0. The molecule has 88 valence electrons. The van der Waals surface area contributed by atoms with Crippen LogP contribution in [0.15, 0.2) is 0 Å². The van der Waals surface area contributed by atoms with Crippen molar-refractivity contribution in [1.29, 1.82) is 0 Å². The summed E-state index contributed by atoms with van der Waals surface area (Å²) in [4.78, 5) is 21.2. The van der Waals surface area contributed by atoms with E-state index in [1.807, 2.05) is 20.8 Å². The van der Waals surface area contributed by atoms with Gasteiger partial charge in [-0.2, -0.15) is 0 Å². The van der Waals surface area contributed by atoms with E-state index in [2.05, 4.69) is 0 Å². The number of carbonyl (C=O) groups is 2. The molecule has 0 spiro atoms. The molecule has 0 saturated carbocycles. The van der Waals surface area contributed by atoms with Gasteiger partial charge in [0.1, 0.15) is 12.2 Å². The maximum absolute atomic E-state index is 11.0. The number of ketones is 1. The zero-order valence-corrected chi connectivity index (χ0v) is 9.32. The summed E-state index contributed by atoms with van der Waals surface area (Å²) in [6.45, 7) is 5.53. The molecule has 0 fully saturated rings. The highest BCUT2D eigenvalue weighted by Gasteiger charge is 2.17. The first-order valence-electron chi connectivity index (χ1n) is 4.76. The molecule has 1 atom stereocenters. The van der Waals surface area contributed by atoms with E-state index in [0.29, 0.717) is 0 Å². The van der Waals surface area contributed by atoms with Gasteiger partial charge in [0.2, 0.25) is 0 Å². The Balaban J connectivity index is 3.79. The predicted molar refractivity (Wildman–Crippen MR) is 53.6 cm³/mol. The molecule has 2 N–H and O–H groups in total. The molecule has 0 aromatic heterocycles. The molecule has 5 heteroatoms. The van der Waals surface area contributed by atoms with Crippen molar-refractivity contribution in [2.24, 2.45) is 0 Å². The topological polar surface area (TPSA) is 83.8 Å². The Labute approximate surface area is 89.0 Å². The van der Waals surface area contributed by atoms with Crippen LogP contribution in [0.4, 0.5) is 0 Å². The smallest absolute Gasteiger partial charge is 0.310 e. The summed E-state index contributed by atoms with van der Waals surface area (Å²) in [6, 6.07) is 0. The minimum Gasteiger partial charge on any atom is -0.481 e. The van der Waals surface area contributed by atoms with Crippen LogP contribution >= 0.6 is 0 Å². The van der Waals surface area contributed by atoms with Crippen molar-refractivity contribution >= 4 is 11.8 Å². The lowest BCUT2D eigenvalue weighted by molar-refractivity contribution is -0.141. The van der Waals surface area contributed by atoms with Gasteiger partial charge in [0.25, 0.3) is 0 Å². The first kappa shape index (κ1) is 14.1. The standard InChI is InChI=1S/C10H18O5/c1-10(2,3)15-6-8(12)4-7(11)5-9(13)14/h8,12H,4-6H2,1-3H3,(H,13,14). The van der Waals surface area contributed by atoms with E-state index < -0.39 is 24.3 Å². The van der Waals surface area contributed by atoms with Crippen LogP contribution in [0.2, 0.25) is 0 Å². The molecule has 1 unspecified atom stereocenters. The third kappa shape index (κ3) is 9.37. The fourth-order valence-electron chi connectivity index (χ4n) is 0.909. The molecule has 0 bridgehead atoms. The van der Waals surface area contributed by atoms with Crippen LogP contribution in [0.25, 0.3) is 0 Å². The summed E-state index contributed by atoms with van der Waals surface area (Å²) in [7, 11) is 0. The summed E-state index contributed by atoms with van der Waals surface area (Å²) in [5.41, 5.74) is -0.378. The zero-order valence-electron chi connectivity index (χ0n) is 9.32. The lowest BCUT2D eigenvalue weighted by atomic mass is 10.1. The molecule has 0 radical (unpaired) electrons. The Morgan fingerprint density at radius 3 is 2.27 bits per heavy atom. The normalized spacial score (nSPS) is 13.6. The van der Waals surface area contributed by atoms with Crippen LogP contribution in [0.3, 0.4) is 0 Å². The van der Waals surface area contributed by atoms with Gasteiger partial charge in [-0.05, 0) is 20.8 Å². The number of aliphatic hydroxyl groups excluding tert-OH is 1. The van der Waals surface area contributed by atoms with Crippen LogP contribution in [0, 0.1) is 0 Å². The molecule has 0 aromatic rings. The van der Waals surface area contributed by atoms with Crippen LogP contribution in [-0.4, -0.2) is 40.3 Å². The van der Waals surface area contributed by atoms with Gasteiger partial charge in [0, 0.05) is 6.42 Å². The fraction of sp³-hybridized carbons (Fsp3) is 0.800. The van der Waals surface area contributed by atoms with Gasteiger partial charge in [-0.3, -0.25) is 9.59 Å². The molecule has 0 aliphatic heterocycles. The van der Waals surface area contributed by atoms with Crippen molar-refractivity contribution < 1.29 is 24.5 Å². The van der Waals surface area contributed by atoms with Crippen molar-refractivity contribution in [3.05, 3.63) is 0 Å². The van der Waals surface area contributed by atoms with Gasteiger partial charge in [-0.25, -0.2) is 0 Å². The van der Waals surface area contributed by atoms with Gasteiger partial charge in [0.15, 0.2) is 0 Å². The minimum atomic E-state index is -1.18. The molecular weight excluding hydrogens is 200 g/mol. The Morgan fingerprint density at radius 1 is 1.33 bits per heavy atom. The predicted octanol–water partition coefficient (Wildman–Crippen LogP) is 0.596. The molecule has 0 aliphatic rings. The molecule has 15 heavy (non-hydrogen) atoms.